The van der Waals surface area contributed by atoms with Crippen LogP contribution in [-0.4, -0.2) is 13.0 Å². The number of carbonyl (C=O) groups excluding carboxylic acids is 1. The van der Waals surface area contributed by atoms with E-state index in [2.05, 4.69) is 0 Å². The van der Waals surface area contributed by atoms with Gasteiger partial charge in [-0.2, -0.15) is 0 Å². The Morgan fingerprint density at radius 3 is 2.35 bits per heavy atom. The van der Waals surface area contributed by atoms with Crippen molar-refractivity contribution in [3.63, 3.8) is 0 Å². The van der Waals surface area contributed by atoms with Crippen molar-refractivity contribution in [2.75, 3.05) is 12.0 Å². The van der Waals surface area contributed by atoms with Crippen LogP contribution in [0.4, 0.5) is 5.69 Å². The van der Waals surface area contributed by atoms with Crippen LogP contribution in [0.25, 0.3) is 11.0 Å². The van der Waals surface area contributed by atoms with Crippen LogP contribution in [0, 0.1) is 6.92 Å². The van der Waals surface area contributed by atoms with Crippen LogP contribution in [-0.2, 0) is 0 Å². The third kappa shape index (κ3) is 3.09. The minimum atomic E-state index is -0.630. The summed E-state index contributed by atoms with van der Waals surface area (Å²) < 4.78 is 11.2. The molecule has 0 saturated heterocycles. The van der Waals surface area contributed by atoms with Gasteiger partial charge in [0.2, 0.25) is 5.76 Å². The maximum Gasteiger partial charge on any atom is 0.295 e. The highest BCUT2D eigenvalue weighted by atomic mass is 35.5. The molecule has 5 rings (SSSR count). The Morgan fingerprint density at radius 2 is 1.68 bits per heavy atom. The predicted octanol–water partition coefficient (Wildman–Crippen LogP) is 5.51. The van der Waals surface area contributed by atoms with E-state index in [1.807, 2.05) is 25.1 Å². The lowest BCUT2D eigenvalue weighted by atomic mass is 9.98. The SMILES string of the molecule is COc1ccc(N2C(=O)c3oc4ccc(C)cc4c(=O)c3C2c2ccc(Cl)cc2)cc1. The van der Waals surface area contributed by atoms with Crippen LogP contribution in [0.15, 0.2) is 75.9 Å². The number of amides is 1. The van der Waals surface area contributed by atoms with Crippen LogP contribution in [0.3, 0.4) is 0 Å². The van der Waals surface area contributed by atoms with Crippen molar-refractivity contribution < 1.29 is 13.9 Å². The van der Waals surface area contributed by atoms with Crippen LogP contribution < -0.4 is 15.1 Å². The maximum atomic E-state index is 13.6. The molecule has 1 unspecified atom stereocenters. The molecular weight excluding hydrogens is 414 g/mol. The van der Waals surface area contributed by atoms with E-state index < -0.39 is 6.04 Å². The second-order valence-electron chi connectivity index (χ2n) is 7.50. The van der Waals surface area contributed by atoms with Gasteiger partial charge in [-0.3, -0.25) is 14.5 Å². The van der Waals surface area contributed by atoms with E-state index in [1.165, 1.54) is 0 Å². The van der Waals surface area contributed by atoms with E-state index in [0.29, 0.717) is 33.0 Å². The lowest BCUT2D eigenvalue weighted by Crippen LogP contribution is -2.29. The molecular formula is C25H18ClNO4. The lowest BCUT2D eigenvalue weighted by molar-refractivity contribution is 0.0971. The highest BCUT2D eigenvalue weighted by Crippen LogP contribution is 2.41. The number of fused-ring (bicyclic) bond motifs is 2. The molecule has 0 aliphatic carbocycles. The van der Waals surface area contributed by atoms with E-state index in [0.717, 1.165) is 11.1 Å². The maximum absolute atomic E-state index is 13.6. The summed E-state index contributed by atoms with van der Waals surface area (Å²) in [5.74, 6) is 0.378. The van der Waals surface area contributed by atoms with Gasteiger partial charge in [-0.25, -0.2) is 0 Å². The van der Waals surface area contributed by atoms with Crippen LogP contribution in [0.2, 0.25) is 5.02 Å². The number of anilines is 1. The lowest BCUT2D eigenvalue weighted by Gasteiger charge is -2.25. The molecule has 0 saturated carbocycles. The molecule has 3 aromatic carbocycles. The predicted molar refractivity (Wildman–Crippen MR) is 120 cm³/mol. The molecule has 5 nitrogen and oxygen atoms in total. The van der Waals surface area contributed by atoms with E-state index in [4.69, 9.17) is 20.8 Å². The van der Waals surface area contributed by atoms with Gasteiger partial charge in [0.1, 0.15) is 11.3 Å². The average molecular weight is 432 g/mol. The Kier molecular flexibility index (Phi) is 4.56. The number of methoxy groups -OCH3 is 1. The van der Waals surface area contributed by atoms with E-state index in [9.17, 15) is 9.59 Å². The topological polar surface area (TPSA) is 59.8 Å². The number of rotatable bonds is 3. The van der Waals surface area contributed by atoms with Crippen LogP contribution in [0.1, 0.15) is 33.3 Å². The van der Waals surface area contributed by atoms with E-state index in [1.54, 1.807) is 60.5 Å². The van der Waals surface area contributed by atoms with Gasteiger partial charge in [-0.05, 0) is 61.0 Å². The zero-order chi connectivity index (χ0) is 21.7. The fourth-order valence-electron chi connectivity index (χ4n) is 4.06. The molecule has 0 radical (unpaired) electrons. The molecule has 1 aliphatic heterocycles. The van der Waals surface area contributed by atoms with Crippen molar-refractivity contribution in [3.05, 3.63) is 104 Å². The van der Waals surface area contributed by atoms with Crippen molar-refractivity contribution in [1.29, 1.82) is 0 Å². The first-order valence-electron chi connectivity index (χ1n) is 9.78. The fourth-order valence-corrected chi connectivity index (χ4v) is 4.18. The first-order chi connectivity index (χ1) is 15.0. The third-order valence-electron chi connectivity index (χ3n) is 5.56. The van der Waals surface area contributed by atoms with Gasteiger partial charge in [0, 0.05) is 10.7 Å². The molecule has 0 bridgehead atoms. The van der Waals surface area contributed by atoms with Gasteiger partial charge in [0.25, 0.3) is 5.91 Å². The monoisotopic (exact) mass is 431 g/mol. The van der Waals surface area contributed by atoms with Gasteiger partial charge in [0.15, 0.2) is 5.43 Å². The fraction of sp³-hybridized carbons (Fsp3) is 0.120. The molecule has 1 atom stereocenters. The van der Waals surface area contributed by atoms with Crippen molar-refractivity contribution in [3.8, 4) is 5.75 Å². The summed E-state index contributed by atoms with van der Waals surface area (Å²) in [7, 11) is 1.58. The van der Waals surface area contributed by atoms with Crippen LogP contribution >= 0.6 is 11.6 Å². The number of ether oxygens (including phenoxy) is 1. The summed E-state index contributed by atoms with van der Waals surface area (Å²) in [6.07, 6.45) is 0. The third-order valence-corrected chi connectivity index (χ3v) is 5.81. The summed E-state index contributed by atoms with van der Waals surface area (Å²) in [6.45, 7) is 1.91. The number of benzene rings is 3. The Bertz CT molecular complexity index is 1370. The van der Waals surface area contributed by atoms with Gasteiger partial charge < -0.3 is 9.15 Å². The van der Waals surface area contributed by atoms with Gasteiger partial charge in [-0.1, -0.05) is 35.4 Å². The zero-order valence-electron chi connectivity index (χ0n) is 16.9. The second-order valence-corrected chi connectivity index (χ2v) is 7.94. The number of aryl methyl sites for hydroxylation is 1. The summed E-state index contributed by atoms with van der Waals surface area (Å²) in [5.41, 5.74) is 2.88. The quantitative estimate of drug-likeness (QED) is 0.429. The van der Waals surface area contributed by atoms with Crippen molar-refractivity contribution in [2.24, 2.45) is 0 Å². The second kappa shape index (κ2) is 7.29. The standard InChI is InChI=1S/C25H18ClNO4/c1-14-3-12-20-19(13-14)23(28)21-22(15-4-6-16(26)7-5-15)27(25(29)24(21)31-20)17-8-10-18(30-2)11-9-17/h3-13,22H,1-2H3. The summed E-state index contributed by atoms with van der Waals surface area (Å²) >= 11 is 6.09. The Hall–Kier alpha value is -3.57. The summed E-state index contributed by atoms with van der Waals surface area (Å²) in [4.78, 5) is 28.6. The number of carbonyl (C=O) groups is 1. The summed E-state index contributed by atoms with van der Waals surface area (Å²) in [6, 6.07) is 19.0. The van der Waals surface area contributed by atoms with Crippen LogP contribution in [0.5, 0.6) is 5.75 Å². The first-order valence-corrected chi connectivity index (χ1v) is 10.2. The molecule has 154 valence electrons. The zero-order valence-corrected chi connectivity index (χ0v) is 17.6. The van der Waals surface area contributed by atoms with E-state index >= 15 is 0 Å². The van der Waals surface area contributed by atoms with Gasteiger partial charge in [0.05, 0.1) is 24.1 Å². The number of hydrogen-bond acceptors (Lipinski definition) is 4. The Labute approximate surface area is 183 Å². The smallest absolute Gasteiger partial charge is 0.295 e. The largest absolute Gasteiger partial charge is 0.497 e. The highest BCUT2D eigenvalue weighted by Gasteiger charge is 2.43. The molecule has 0 fully saturated rings. The Balaban J connectivity index is 1.78. The Morgan fingerprint density at radius 1 is 0.968 bits per heavy atom. The minimum Gasteiger partial charge on any atom is -0.497 e. The molecule has 31 heavy (non-hydrogen) atoms. The van der Waals surface area contributed by atoms with E-state index in [-0.39, 0.29) is 17.1 Å². The average Bonchev–Trinajstić information content (AvgIpc) is 3.07. The minimum absolute atomic E-state index is 0.0668. The van der Waals surface area contributed by atoms with Crippen molar-refractivity contribution in [2.45, 2.75) is 13.0 Å². The van der Waals surface area contributed by atoms with Gasteiger partial charge >= 0.3 is 0 Å². The number of nitrogens with zero attached hydrogens (tertiary/aromatic N) is 1. The molecule has 0 N–H and O–H groups in total. The van der Waals surface area contributed by atoms with Gasteiger partial charge in [-0.15, -0.1) is 0 Å². The first kappa shape index (κ1) is 19.4. The van der Waals surface area contributed by atoms with Crippen molar-refractivity contribution in [1.82, 2.24) is 0 Å². The number of halogens is 1. The summed E-state index contributed by atoms with van der Waals surface area (Å²) in [5, 5.41) is 1.03. The molecule has 1 aliphatic rings. The molecule has 1 aromatic heterocycles. The molecule has 6 heteroatoms. The van der Waals surface area contributed by atoms with Crippen molar-refractivity contribution >= 4 is 34.2 Å². The molecule has 1 amide bonds. The molecule has 0 spiro atoms. The highest BCUT2D eigenvalue weighted by molar-refractivity contribution is 6.30. The molecule has 4 aromatic rings. The normalized spacial score (nSPS) is 15.4. The number of hydrogen-bond donors (Lipinski definition) is 0. The molecule has 2 heterocycles.